The van der Waals surface area contributed by atoms with Crippen LogP contribution in [0.15, 0.2) is 18.2 Å². The van der Waals surface area contributed by atoms with Crippen molar-refractivity contribution in [1.82, 2.24) is 5.32 Å². The molecule has 2 N–H and O–H groups in total. The van der Waals surface area contributed by atoms with E-state index in [0.717, 1.165) is 12.1 Å². The number of rotatable bonds is 3. The molecule has 0 radical (unpaired) electrons. The van der Waals surface area contributed by atoms with Gasteiger partial charge in [-0.05, 0) is 50.5 Å². The molecule has 16 heavy (non-hydrogen) atoms. The van der Waals surface area contributed by atoms with Crippen LogP contribution < -0.4 is 10.6 Å². The van der Waals surface area contributed by atoms with Crippen LogP contribution >= 0.6 is 12.2 Å². The Morgan fingerprint density at radius 1 is 1.31 bits per heavy atom. The minimum absolute atomic E-state index is 0.407. The summed E-state index contributed by atoms with van der Waals surface area (Å²) in [6.45, 7) is 8.43. The highest BCUT2D eigenvalue weighted by atomic mass is 32.1. The Labute approximate surface area is 103 Å². The molecule has 1 aromatic carbocycles. The predicted octanol–water partition coefficient (Wildman–Crippen LogP) is 3.39. The first-order chi connectivity index (χ1) is 7.54. The molecule has 0 aliphatic carbocycles. The quantitative estimate of drug-likeness (QED) is 0.787. The number of hydrogen-bond donors (Lipinski definition) is 2. The number of nitrogens with one attached hydrogen (secondary N) is 2. The van der Waals surface area contributed by atoms with Gasteiger partial charge in [-0.15, -0.1) is 0 Å². The summed E-state index contributed by atoms with van der Waals surface area (Å²) in [5.74, 6) is 0. The van der Waals surface area contributed by atoms with E-state index in [0.29, 0.717) is 11.2 Å². The third-order valence-corrected chi connectivity index (χ3v) is 2.93. The van der Waals surface area contributed by atoms with Crippen molar-refractivity contribution in [2.24, 2.45) is 0 Å². The summed E-state index contributed by atoms with van der Waals surface area (Å²) in [7, 11) is 0. The van der Waals surface area contributed by atoms with E-state index in [2.05, 4.69) is 56.5 Å². The minimum Gasteiger partial charge on any atom is -0.360 e. The van der Waals surface area contributed by atoms with Gasteiger partial charge in [-0.2, -0.15) is 0 Å². The summed E-state index contributed by atoms with van der Waals surface area (Å²) < 4.78 is 0. The first-order valence-corrected chi connectivity index (χ1v) is 6.09. The molecule has 0 aliphatic rings. The zero-order chi connectivity index (χ0) is 12.1. The highest BCUT2D eigenvalue weighted by Gasteiger charge is 2.05. The monoisotopic (exact) mass is 236 g/mol. The van der Waals surface area contributed by atoms with Gasteiger partial charge in [0.2, 0.25) is 0 Å². The van der Waals surface area contributed by atoms with Gasteiger partial charge in [-0.3, -0.25) is 0 Å². The van der Waals surface area contributed by atoms with E-state index in [1.165, 1.54) is 11.1 Å². The molecule has 1 unspecified atom stereocenters. The maximum absolute atomic E-state index is 5.28. The van der Waals surface area contributed by atoms with Crippen molar-refractivity contribution in [3.05, 3.63) is 29.3 Å². The van der Waals surface area contributed by atoms with Crippen LogP contribution in [0.4, 0.5) is 5.69 Å². The SMILES string of the molecule is CCC(C)NC(=S)Nc1c(C)cccc1C. The Hall–Kier alpha value is -1.09. The van der Waals surface area contributed by atoms with Gasteiger partial charge in [0.1, 0.15) is 0 Å². The Kier molecular flexibility index (Phi) is 4.74. The Morgan fingerprint density at radius 3 is 2.38 bits per heavy atom. The Bertz CT molecular complexity index is 354. The molecule has 1 rings (SSSR count). The smallest absolute Gasteiger partial charge is 0.170 e. The lowest BCUT2D eigenvalue weighted by molar-refractivity contribution is 0.646. The van der Waals surface area contributed by atoms with Crippen LogP contribution in [0, 0.1) is 13.8 Å². The zero-order valence-electron chi connectivity index (χ0n) is 10.4. The number of benzene rings is 1. The van der Waals surface area contributed by atoms with Gasteiger partial charge in [-0.25, -0.2) is 0 Å². The van der Waals surface area contributed by atoms with E-state index in [4.69, 9.17) is 12.2 Å². The molecule has 0 bridgehead atoms. The average molecular weight is 236 g/mol. The zero-order valence-corrected chi connectivity index (χ0v) is 11.2. The lowest BCUT2D eigenvalue weighted by Crippen LogP contribution is -2.35. The fourth-order valence-corrected chi connectivity index (χ4v) is 1.79. The highest BCUT2D eigenvalue weighted by Crippen LogP contribution is 2.19. The van der Waals surface area contributed by atoms with Crippen molar-refractivity contribution in [2.45, 2.75) is 40.2 Å². The second-order valence-corrected chi connectivity index (χ2v) is 4.58. The van der Waals surface area contributed by atoms with E-state index < -0.39 is 0 Å². The topological polar surface area (TPSA) is 24.1 Å². The predicted molar refractivity (Wildman–Crippen MR) is 75.0 cm³/mol. The number of anilines is 1. The van der Waals surface area contributed by atoms with Crippen molar-refractivity contribution < 1.29 is 0 Å². The van der Waals surface area contributed by atoms with Gasteiger partial charge in [0.15, 0.2) is 5.11 Å². The van der Waals surface area contributed by atoms with Crippen LogP contribution in [0.2, 0.25) is 0 Å². The molecule has 0 heterocycles. The van der Waals surface area contributed by atoms with Gasteiger partial charge in [0, 0.05) is 11.7 Å². The molecular weight excluding hydrogens is 216 g/mol. The minimum atomic E-state index is 0.407. The first-order valence-electron chi connectivity index (χ1n) is 5.68. The molecule has 0 spiro atoms. The van der Waals surface area contributed by atoms with E-state index in [-0.39, 0.29) is 0 Å². The van der Waals surface area contributed by atoms with Crippen LogP contribution in [0.25, 0.3) is 0 Å². The summed E-state index contributed by atoms with van der Waals surface area (Å²) in [6, 6.07) is 6.63. The summed E-state index contributed by atoms with van der Waals surface area (Å²) in [5, 5.41) is 7.22. The van der Waals surface area contributed by atoms with Crippen molar-refractivity contribution in [3.8, 4) is 0 Å². The lowest BCUT2D eigenvalue weighted by atomic mass is 10.1. The Balaban J connectivity index is 2.70. The third kappa shape index (κ3) is 3.49. The van der Waals surface area contributed by atoms with Gasteiger partial charge in [0.05, 0.1) is 0 Å². The van der Waals surface area contributed by atoms with Gasteiger partial charge < -0.3 is 10.6 Å². The summed E-state index contributed by atoms with van der Waals surface area (Å²) in [4.78, 5) is 0. The van der Waals surface area contributed by atoms with Gasteiger partial charge >= 0.3 is 0 Å². The molecule has 0 amide bonds. The fourth-order valence-electron chi connectivity index (χ4n) is 1.49. The molecule has 3 heteroatoms. The number of thiocarbonyl (C=S) groups is 1. The number of aryl methyl sites for hydroxylation is 2. The molecule has 2 nitrogen and oxygen atoms in total. The molecule has 0 aliphatic heterocycles. The number of para-hydroxylation sites is 1. The molecule has 1 atom stereocenters. The van der Waals surface area contributed by atoms with Crippen molar-refractivity contribution in [3.63, 3.8) is 0 Å². The molecule has 1 aromatic rings. The van der Waals surface area contributed by atoms with E-state index in [1.807, 2.05) is 0 Å². The van der Waals surface area contributed by atoms with E-state index in [9.17, 15) is 0 Å². The van der Waals surface area contributed by atoms with Gasteiger partial charge in [0.25, 0.3) is 0 Å². The molecule has 0 aromatic heterocycles. The van der Waals surface area contributed by atoms with Gasteiger partial charge in [-0.1, -0.05) is 25.1 Å². The summed E-state index contributed by atoms with van der Waals surface area (Å²) in [5.41, 5.74) is 3.55. The molecular formula is C13H20N2S. The second-order valence-electron chi connectivity index (χ2n) is 4.17. The third-order valence-electron chi connectivity index (χ3n) is 2.71. The van der Waals surface area contributed by atoms with Crippen molar-refractivity contribution in [2.75, 3.05) is 5.32 Å². The average Bonchev–Trinajstić information content (AvgIpc) is 2.23. The maximum Gasteiger partial charge on any atom is 0.170 e. The fraction of sp³-hybridized carbons (Fsp3) is 0.462. The lowest BCUT2D eigenvalue weighted by Gasteiger charge is -2.17. The number of hydrogen-bond acceptors (Lipinski definition) is 1. The molecule has 88 valence electrons. The standard InChI is InChI=1S/C13H20N2S/c1-5-11(4)14-13(16)15-12-9(2)7-6-8-10(12)3/h6-8,11H,5H2,1-4H3,(H2,14,15,16). The van der Waals surface area contributed by atoms with E-state index >= 15 is 0 Å². The van der Waals surface area contributed by atoms with Crippen LogP contribution in [-0.4, -0.2) is 11.2 Å². The van der Waals surface area contributed by atoms with E-state index in [1.54, 1.807) is 0 Å². The summed E-state index contributed by atoms with van der Waals surface area (Å²) >= 11 is 5.28. The van der Waals surface area contributed by atoms with Crippen LogP contribution in [0.1, 0.15) is 31.4 Å². The molecule has 0 fully saturated rings. The highest BCUT2D eigenvalue weighted by molar-refractivity contribution is 7.80. The van der Waals surface area contributed by atoms with Crippen LogP contribution in [0.5, 0.6) is 0 Å². The van der Waals surface area contributed by atoms with Crippen LogP contribution in [0.3, 0.4) is 0 Å². The molecule has 0 saturated heterocycles. The van der Waals surface area contributed by atoms with Crippen molar-refractivity contribution >= 4 is 23.0 Å². The summed E-state index contributed by atoms with van der Waals surface area (Å²) in [6.07, 6.45) is 1.06. The van der Waals surface area contributed by atoms with Crippen LogP contribution in [-0.2, 0) is 0 Å². The van der Waals surface area contributed by atoms with Crippen molar-refractivity contribution in [1.29, 1.82) is 0 Å². The maximum atomic E-state index is 5.28. The second kappa shape index (κ2) is 5.85. The first kappa shape index (κ1) is 13.0. The largest absolute Gasteiger partial charge is 0.360 e. The Morgan fingerprint density at radius 2 is 1.88 bits per heavy atom. The molecule has 0 saturated carbocycles. The normalized spacial score (nSPS) is 12.0.